The summed E-state index contributed by atoms with van der Waals surface area (Å²) < 4.78 is 27.4. The van der Waals surface area contributed by atoms with Gasteiger partial charge in [-0.2, -0.15) is 5.26 Å². The Kier molecular flexibility index (Phi) is 4.31. The van der Waals surface area contributed by atoms with Crippen molar-refractivity contribution < 1.29 is 8.42 Å². The van der Waals surface area contributed by atoms with E-state index < -0.39 is 10.0 Å². The lowest BCUT2D eigenvalue weighted by atomic mass is 10.1. The Labute approximate surface area is 119 Å². The van der Waals surface area contributed by atoms with E-state index in [0.717, 1.165) is 12.8 Å². The van der Waals surface area contributed by atoms with E-state index in [1.165, 1.54) is 31.0 Å². The highest BCUT2D eigenvalue weighted by atomic mass is 32.2. The van der Waals surface area contributed by atoms with E-state index >= 15 is 0 Å². The fourth-order valence-electron chi connectivity index (χ4n) is 2.20. The number of nitrogens with one attached hydrogen (secondary N) is 1. The summed E-state index contributed by atoms with van der Waals surface area (Å²) in [5, 5.41) is 8.77. The van der Waals surface area contributed by atoms with Crippen molar-refractivity contribution in [3.05, 3.63) is 23.8 Å². The van der Waals surface area contributed by atoms with Gasteiger partial charge in [0.2, 0.25) is 10.0 Å². The molecule has 1 unspecified atom stereocenters. The van der Waals surface area contributed by atoms with Gasteiger partial charge in [-0.15, -0.1) is 0 Å². The van der Waals surface area contributed by atoms with Crippen molar-refractivity contribution in [1.29, 1.82) is 5.26 Å². The molecule has 3 N–H and O–H groups in total. The highest BCUT2D eigenvalue weighted by Crippen LogP contribution is 2.34. The van der Waals surface area contributed by atoms with Gasteiger partial charge < -0.3 is 5.73 Å². The number of benzene rings is 1. The predicted octanol–water partition coefficient (Wildman–Crippen LogP) is 2.00. The van der Waals surface area contributed by atoms with Crippen LogP contribution in [0, 0.1) is 17.2 Å². The first-order valence-electron chi connectivity index (χ1n) is 6.78. The fourth-order valence-corrected chi connectivity index (χ4v) is 3.64. The average Bonchev–Trinajstić information content (AvgIpc) is 3.21. The van der Waals surface area contributed by atoms with Crippen LogP contribution in [-0.2, 0) is 10.0 Å². The molecule has 0 heterocycles. The molecule has 0 bridgehead atoms. The Morgan fingerprint density at radius 3 is 2.70 bits per heavy atom. The second kappa shape index (κ2) is 5.81. The molecular weight excluding hydrogens is 274 g/mol. The first-order chi connectivity index (χ1) is 9.46. The first-order valence-corrected chi connectivity index (χ1v) is 8.26. The van der Waals surface area contributed by atoms with Crippen molar-refractivity contribution in [3.63, 3.8) is 0 Å². The molecule has 20 heavy (non-hydrogen) atoms. The number of nitrogen functional groups attached to an aromatic ring is 1. The average molecular weight is 293 g/mol. The zero-order valence-corrected chi connectivity index (χ0v) is 12.3. The van der Waals surface area contributed by atoms with Crippen LogP contribution in [0.25, 0.3) is 0 Å². The van der Waals surface area contributed by atoms with Gasteiger partial charge in [-0.1, -0.05) is 19.8 Å². The number of nitrogens with two attached hydrogens (primary N) is 1. The van der Waals surface area contributed by atoms with E-state index in [9.17, 15) is 8.42 Å². The minimum absolute atomic E-state index is 0.0470. The van der Waals surface area contributed by atoms with Gasteiger partial charge in [0.1, 0.15) is 4.90 Å². The van der Waals surface area contributed by atoms with Gasteiger partial charge in [0.25, 0.3) is 0 Å². The zero-order valence-electron chi connectivity index (χ0n) is 11.5. The van der Waals surface area contributed by atoms with Crippen LogP contribution in [0.2, 0.25) is 0 Å². The monoisotopic (exact) mass is 293 g/mol. The Morgan fingerprint density at radius 2 is 2.20 bits per heavy atom. The number of sulfonamides is 1. The molecule has 1 fully saturated rings. The second-order valence-electron chi connectivity index (χ2n) is 5.27. The summed E-state index contributed by atoms with van der Waals surface area (Å²) in [6.45, 7) is 1.97. The molecule has 1 aliphatic carbocycles. The van der Waals surface area contributed by atoms with Crippen molar-refractivity contribution in [2.24, 2.45) is 5.92 Å². The summed E-state index contributed by atoms with van der Waals surface area (Å²) in [6.07, 6.45) is 4.02. The van der Waals surface area contributed by atoms with E-state index in [4.69, 9.17) is 11.0 Å². The Bertz CT molecular complexity index is 630. The van der Waals surface area contributed by atoms with Gasteiger partial charge in [0.15, 0.2) is 0 Å². The van der Waals surface area contributed by atoms with Gasteiger partial charge in [-0.25, -0.2) is 13.1 Å². The molecule has 2 rings (SSSR count). The first kappa shape index (κ1) is 14.8. The van der Waals surface area contributed by atoms with Crippen LogP contribution in [0.15, 0.2) is 23.1 Å². The zero-order chi connectivity index (χ0) is 14.8. The number of nitriles is 1. The number of hydrogen-bond acceptors (Lipinski definition) is 4. The molecule has 0 radical (unpaired) electrons. The summed E-state index contributed by atoms with van der Waals surface area (Å²) in [5.74, 6) is 0.654. The molecule has 0 amide bonds. The summed E-state index contributed by atoms with van der Waals surface area (Å²) >= 11 is 0. The Morgan fingerprint density at radius 1 is 1.50 bits per heavy atom. The van der Waals surface area contributed by atoms with Gasteiger partial charge in [0.05, 0.1) is 17.3 Å². The summed E-state index contributed by atoms with van der Waals surface area (Å²) in [5.41, 5.74) is 6.21. The second-order valence-corrected chi connectivity index (χ2v) is 6.95. The molecule has 108 valence electrons. The van der Waals surface area contributed by atoms with E-state index in [1.54, 1.807) is 0 Å². The largest absolute Gasteiger partial charge is 0.398 e. The fraction of sp³-hybridized carbons (Fsp3) is 0.500. The Balaban J connectivity index is 2.18. The third-order valence-corrected chi connectivity index (χ3v) is 5.15. The standard InChI is InChI=1S/C14H19N3O2S/c1-2-12(7-10-3-4-10)17-20(18,19)14-6-5-11(9-15)8-13(14)16/h5-6,8,10,12,17H,2-4,7,16H2,1H3. The number of rotatable bonds is 6. The van der Waals surface area contributed by atoms with Crippen molar-refractivity contribution in [2.75, 3.05) is 5.73 Å². The van der Waals surface area contributed by atoms with Crippen LogP contribution >= 0.6 is 0 Å². The van der Waals surface area contributed by atoms with Crippen molar-refractivity contribution in [1.82, 2.24) is 4.72 Å². The molecule has 6 heteroatoms. The minimum Gasteiger partial charge on any atom is -0.398 e. The van der Waals surface area contributed by atoms with Crippen LogP contribution in [0.5, 0.6) is 0 Å². The molecule has 1 atom stereocenters. The SMILES string of the molecule is CCC(CC1CC1)NS(=O)(=O)c1ccc(C#N)cc1N. The third-order valence-electron chi connectivity index (χ3n) is 3.56. The molecule has 0 aromatic heterocycles. The highest BCUT2D eigenvalue weighted by molar-refractivity contribution is 7.89. The lowest BCUT2D eigenvalue weighted by Gasteiger charge is -2.17. The van der Waals surface area contributed by atoms with Gasteiger partial charge >= 0.3 is 0 Å². The van der Waals surface area contributed by atoms with E-state index in [2.05, 4.69) is 4.72 Å². The number of anilines is 1. The number of nitrogens with zero attached hydrogens (tertiary/aromatic N) is 1. The van der Waals surface area contributed by atoms with Gasteiger partial charge in [-0.3, -0.25) is 0 Å². The molecule has 0 aliphatic heterocycles. The molecule has 1 aromatic carbocycles. The third kappa shape index (κ3) is 3.50. The quantitative estimate of drug-likeness (QED) is 0.784. The maximum absolute atomic E-state index is 12.3. The Hall–Kier alpha value is -1.58. The molecule has 1 aromatic rings. The van der Waals surface area contributed by atoms with Crippen molar-refractivity contribution >= 4 is 15.7 Å². The van der Waals surface area contributed by atoms with Gasteiger partial charge in [-0.05, 0) is 37.0 Å². The summed E-state index contributed by atoms with van der Waals surface area (Å²) in [6, 6.07) is 6.12. The molecule has 0 spiro atoms. The molecule has 5 nitrogen and oxygen atoms in total. The topological polar surface area (TPSA) is 96.0 Å². The van der Waals surface area contributed by atoms with Crippen LogP contribution < -0.4 is 10.5 Å². The normalized spacial score (nSPS) is 16.6. The minimum atomic E-state index is -3.63. The molecule has 0 saturated heterocycles. The van der Waals surface area contributed by atoms with Crippen LogP contribution in [0.1, 0.15) is 38.2 Å². The lowest BCUT2D eigenvalue weighted by Crippen LogP contribution is -2.35. The molecule has 1 aliphatic rings. The van der Waals surface area contributed by atoms with Crippen molar-refractivity contribution in [2.45, 2.75) is 43.5 Å². The molecule has 1 saturated carbocycles. The lowest BCUT2D eigenvalue weighted by molar-refractivity contribution is 0.495. The highest BCUT2D eigenvalue weighted by Gasteiger charge is 2.28. The van der Waals surface area contributed by atoms with E-state index in [0.29, 0.717) is 11.5 Å². The smallest absolute Gasteiger partial charge is 0.242 e. The molecular formula is C14H19N3O2S. The summed E-state index contributed by atoms with van der Waals surface area (Å²) in [4.78, 5) is 0.0470. The van der Waals surface area contributed by atoms with Crippen LogP contribution in [0.3, 0.4) is 0 Å². The van der Waals surface area contributed by atoms with Gasteiger partial charge in [0, 0.05) is 6.04 Å². The summed E-state index contributed by atoms with van der Waals surface area (Å²) in [7, 11) is -3.63. The van der Waals surface area contributed by atoms with E-state index in [-0.39, 0.29) is 16.6 Å². The van der Waals surface area contributed by atoms with Crippen LogP contribution in [-0.4, -0.2) is 14.5 Å². The predicted molar refractivity (Wildman–Crippen MR) is 77.3 cm³/mol. The van der Waals surface area contributed by atoms with Crippen molar-refractivity contribution in [3.8, 4) is 6.07 Å². The number of hydrogen-bond donors (Lipinski definition) is 2. The van der Waals surface area contributed by atoms with E-state index in [1.807, 2.05) is 13.0 Å². The van der Waals surface area contributed by atoms with Crippen LogP contribution in [0.4, 0.5) is 5.69 Å². The maximum atomic E-state index is 12.3. The maximum Gasteiger partial charge on any atom is 0.242 e.